The van der Waals surface area contributed by atoms with Gasteiger partial charge in [0.15, 0.2) is 0 Å². The number of benzene rings is 2. The summed E-state index contributed by atoms with van der Waals surface area (Å²) >= 11 is 0. The molecule has 0 radical (unpaired) electrons. The van der Waals surface area contributed by atoms with Gasteiger partial charge in [0.2, 0.25) is 5.95 Å². The molecule has 0 bridgehead atoms. The number of nitrogen functional groups attached to an aromatic ring is 2. The summed E-state index contributed by atoms with van der Waals surface area (Å²) < 4.78 is 11.0. The quantitative estimate of drug-likeness (QED) is 0.497. The standard InChI is InChI=1S/C23H27N5O3/c1-15(2)12-31-23(29)26-18-10-8-17(9-11-18)20-19(27-22(25)28-21(20)24)14-30-13-16-6-4-3-5-7-16/h3-11,15H,12-14H2,1-2H3,(H,26,29)(H4,24,25,27,28). The van der Waals surface area contributed by atoms with Gasteiger partial charge in [0.1, 0.15) is 5.82 Å². The Hall–Kier alpha value is -3.65. The average molecular weight is 422 g/mol. The van der Waals surface area contributed by atoms with Gasteiger partial charge in [-0.05, 0) is 29.2 Å². The van der Waals surface area contributed by atoms with Gasteiger partial charge in [-0.2, -0.15) is 4.98 Å². The lowest BCUT2D eigenvalue weighted by atomic mass is 10.0. The molecule has 162 valence electrons. The number of nitrogens with two attached hydrogens (primary N) is 2. The largest absolute Gasteiger partial charge is 0.449 e. The minimum Gasteiger partial charge on any atom is -0.449 e. The van der Waals surface area contributed by atoms with Crippen molar-refractivity contribution in [1.29, 1.82) is 0 Å². The van der Waals surface area contributed by atoms with Crippen molar-refractivity contribution in [3.63, 3.8) is 0 Å². The summed E-state index contributed by atoms with van der Waals surface area (Å²) in [5.41, 5.74) is 15.6. The molecule has 31 heavy (non-hydrogen) atoms. The second-order valence-corrected chi connectivity index (χ2v) is 7.46. The van der Waals surface area contributed by atoms with Gasteiger partial charge in [-0.15, -0.1) is 0 Å². The number of nitrogens with zero attached hydrogens (tertiary/aromatic N) is 2. The molecule has 3 rings (SSSR count). The van der Waals surface area contributed by atoms with Crippen LogP contribution in [0.4, 0.5) is 22.2 Å². The summed E-state index contributed by atoms with van der Waals surface area (Å²) in [6, 6.07) is 17.0. The highest BCUT2D eigenvalue weighted by atomic mass is 16.5. The molecule has 0 aliphatic rings. The molecule has 0 spiro atoms. The Morgan fingerprint density at radius 3 is 2.39 bits per heavy atom. The van der Waals surface area contributed by atoms with Gasteiger partial charge in [-0.3, -0.25) is 5.32 Å². The van der Waals surface area contributed by atoms with Crippen molar-refractivity contribution in [1.82, 2.24) is 9.97 Å². The fraction of sp³-hybridized carbons (Fsp3) is 0.261. The number of nitrogens with one attached hydrogen (secondary N) is 1. The Morgan fingerprint density at radius 2 is 1.71 bits per heavy atom. The van der Waals surface area contributed by atoms with E-state index in [2.05, 4.69) is 15.3 Å². The molecule has 0 aliphatic heterocycles. The number of anilines is 3. The predicted molar refractivity (Wildman–Crippen MR) is 121 cm³/mol. The topological polar surface area (TPSA) is 125 Å². The second kappa shape index (κ2) is 10.4. The summed E-state index contributed by atoms with van der Waals surface area (Å²) in [6.07, 6.45) is -0.494. The third-order valence-electron chi connectivity index (χ3n) is 4.35. The van der Waals surface area contributed by atoms with Crippen LogP contribution in [0.15, 0.2) is 54.6 Å². The van der Waals surface area contributed by atoms with Gasteiger partial charge in [0, 0.05) is 11.3 Å². The van der Waals surface area contributed by atoms with Crippen molar-refractivity contribution in [2.75, 3.05) is 23.4 Å². The minimum atomic E-state index is -0.494. The molecular weight excluding hydrogens is 394 g/mol. The van der Waals surface area contributed by atoms with Gasteiger partial charge in [0.05, 0.1) is 25.5 Å². The fourth-order valence-corrected chi connectivity index (χ4v) is 2.92. The van der Waals surface area contributed by atoms with Crippen LogP contribution in [0.5, 0.6) is 0 Å². The first-order valence-corrected chi connectivity index (χ1v) is 10.00. The summed E-state index contributed by atoms with van der Waals surface area (Å²) in [6.45, 7) is 4.97. The van der Waals surface area contributed by atoms with E-state index < -0.39 is 6.09 Å². The van der Waals surface area contributed by atoms with Gasteiger partial charge < -0.3 is 20.9 Å². The number of carbonyl (C=O) groups excluding carboxylic acids is 1. The van der Waals surface area contributed by atoms with Crippen molar-refractivity contribution in [2.45, 2.75) is 27.1 Å². The zero-order chi connectivity index (χ0) is 22.2. The van der Waals surface area contributed by atoms with E-state index in [4.69, 9.17) is 20.9 Å². The van der Waals surface area contributed by atoms with E-state index in [9.17, 15) is 4.79 Å². The summed E-state index contributed by atoms with van der Waals surface area (Å²) in [7, 11) is 0. The van der Waals surface area contributed by atoms with Gasteiger partial charge in [-0.1, -0.05) is 56.3 Å². The lowest BCUT2D eigenvalue weighted by Crippen LogP contribution is -2.16. The lowest BCUT2D eigenvalue weighted by molar-refractivity contribution is 0.105. The highest BCUT2D eigenvalue weighted by Gasteiger charge is 2.14. The monoisotopic (exact) mass is 421 g/mol. The van der Waals surface area contributed by atoms with Gasteiger partial charge >= 0.3 is 6.09 Å². The number of hydrogen-bond acceptors (Lipinski definition) is 7. The van der Waals surface area contributed by atoms with Crippen LogP contribution in [0.2, 0.25) is 0 Å². The van der Waals surface area contributed by atoms with Gasteiger partial charge in [0.25, 0.3) is 0 Å². The van der Waals surface area contributed by atoms with E-state index in [1.165, 1.54) is 0 Å². The van der Waals surface area contributed by atoms with E-state index in [-0.39, 0.29) is 24.3 Å². The first-order chi connectivity index (χ1) is 14.9. The van der Waals surface area contributed by atoms with Crippen LogP contribution in [0.3, 0.4) is 0 Å². The van der Waals surface area contributed by atoms with E-state index in [0.717, 1.165) is 11.1 Å². The maximum Gasteiger partial charge on any atom is 0.411 e. The average Bonchev–Trinajstić information content (AvgIpc) is 2.74. The molecule has 8 heteroatoms. The van der Waals surface area contributed by atoms with Crippen LogP contribution in [0.1, 0.15) is 25.1 Å². The van der Waals surface area contributed by atoms with Crippen LogP contribution in [0, 0.1) is 5.92 Å². The molecule has 0 unspecified atom stereocenters. The zero-order valence-corrected chi connectivity index (χ0v) is 17.7. The molecule has 0 saturated heterocycles. The first-order valence-electron chi connectivity index (χ1n) is 10.00. The van der Waals surface area contributed by atoms with Crippen LogP contribution >= 0.6 is 0 Å². The van der Waals surface area contributed by atoms with E-state index in [1.807, 2.05) is 56.3 Å². The Labute approximate surface area is 181 Å². The maximum atomic E-state index is 11.8. The highest BCUT2D eigenvalue weighted by molar-refractivity contribution is 5.85. The Kier molecular flexibility index (Phi) is 7.40. The van der Waals surface area contributed by atoms with Crippen molar-refractivity contribution in [2.24, 2.45) is 5.92 Å². The number of hydrogen-bond donors (Lipinski definition) is 3. The van der Waals surface area contributed by atoms with E-state index >= 15 is 0 Å². The number of rotatable bonds is 8. The third kappa shape index (κ3) is 6.42. The number of ether oxygens (including phenoxy) is 2. The summed E-state index contributed by atoms with van der Waals surface area (Å²) in [4.78, 5) is 20.3. The van der Waals surface area contributed by atoms with Crippen molar-refractivity contribution >= 4 is 23.5 Å². The molecule has 0 aliphatic carbocycles. The van der Waals surface area contributed by atoms with Crippen molar-refractivity contribution in [3.8, 4) is 11.1 Å². The molecule has 0 saturated carbocycles. The molecule has 1 aromatic heterocycles. The van der Waals surface area contributed by atoms with Gasteiger partial charge in [-0.25, -0.2) is 9.78 Å². The predicted octanol–water partition coefficient (Wildman–Crippen LogP) is 4.23. The molecular formula is C23H27N5O3. The Balaban J connectivity index is 1.73. The van der Waals surface area contributed by atoms with E-state index in [0.29, 0.717) is 30.2 Å². The molecule has 0 fully saturated rings. The second-order valence-electron chi connectivity index (χ2n) is 7.46. The minimum absolute atomic E-state index is 0.0887. The number of aromatic nitrogens is 2. The summed E-state index contributed by atoms with van der Waals surface area (Å²) in [5.74, 6) is 0.623. The molecule has 0 atom stereocenters. The van der Waals surface area contributed by atoms with E-state index in [1.54, 1.807) is 12.1 Å². The molecule has 1 heterocycles. The van der Waals surface area contributed by atoms with Crippen LogP contribution in [-0.2, 0) is 22.7 Å². The number of amides is 1. The SMILES string of the molecule is CC(C)COC(=O)Nc1ccc(-c2c(N)nc(N)nc2COCc2ccccc2)cc1. The van der Waals surface area contributed by atoms with Crippen LogP contribution in [-0.4, -0.2) is 22.7 Å². The Morgan fingerprint density at radius 1 is 1.00 bits per heavy atom. The molecule has 1 amide bonds. The lowest BCUT2D eigenvalue weighted by Gasteiger charge is -2.13. The normalized spacial score (nSPS) is 10.8. The smallest absolute Gasteiger partial charge is 0.411 e. The zero-order valence-electron chi connectivity index (χ0n) is 17.7. The molecule has 5 N–H and O–H groups in total. The first kappa shape index (κ1) is 22.0. The van der Waals surface area contributed by atoms with Crippen molar-refractivity contribution in [3.05, 3.63) is 65.9 Å². The molecule has 8 nitrogen and oxygen atoms in total. The van der Waals surface area contributed by atoms with Crippen molar-refractivity contribution < 1.29 is 14.3 Å². The maximum absolute atomic E-state index is 11.8. The molecule has 2 aromatic carbocycles. The summed E-state index contributed by atoms with van der Waals surface area (Å²) in [5, 5.41) is 2.70. The Bertz CT molecular complexity index is 1010. The third-order valence-corrected chi connectivity index (χ3v) is 4.35. The van der Waals surface area contributed by atoms with Crippen LogP contribution in [0.25, 0.3) is 11.1 Å². The fourth-order valence-electron chi connectivity index (χ4n) is 2.92. The molecule has 3 aromatic rings. The number of carbonyl (C=O) groups is 1. The van der Waals surface area contributed by atoms with Crippen LogP contribution < -0.4 is 16.8 Å². The highest BCUT2D eigenvalue weighted by Crippen LogP contribution is 2.30.